The summed E-state index contributed by atoms with van der Waals surface area (Å²) in [5.41, 5.74) is -0.0673. The molecule has 124 valence electrons. The monoisotopic (exact) mass is 338 g/mol. The molecule has 0 aliphatic carbocycles. The van der Waals surface area contributed by atoms with E-state index in [9.17, 15) is 27.5 Å². The third kappa shape index (κ3) is 3.88. The Morgan fingerprint density at radius 3 is 2.46 bits per heavy atom. The Kier molecular flexibility index (Phi) is 4.85. The number of nitrogens with one attached hydrogen (secondary N) is 1. The van der Waals surface area contributed by atoms with Crippen LogP contribution in [-0.4, -0.2) is 17.2 Å². The quantitative estimate of drug-likeness (QED) is 0.844. The van der Waals surface area contributed by atoms with Gasteiger partial charge in [0.05, 0.1) is 17.3 Å². The van der Waals surface area contributed by atoms with Gasteiger partial charge >= 0.3 is 12.1 Å². The molecular weight excluding hydrogens is 328 g/mol. The van der Waals surface area contributed by atoms with Crippen LogP contribution in [0.15, 0.2) is 42.5 Å². The van der Waals surface area contributed by atoms with Crippen LogP contribution in [0.3, 0.4) is 0 Å². The molecule has 8 heteroatoms. The number of hydrogen-bond donors (Lipinski definition) is 2. The lowest BCUT2D eigenvalue weighted by atomic mass is 9.99. The van der Waals surface area contributed by atoms with Gasteiger partial charge in [-0.05, 0) is 35.4 Å². The van der Waals surface area contributed by atoms with Gasteiger partial charge in [-0.15, -0.1) is 0 Å². The van der Waals surface area contributed by atoms with Crippen molar-refractivity contribution in [2.45, 2.75) is 12.3 Å². The highest BCUT2D eigenvalue weighted by molar-refractivity contribution is 5.95. The first-order chi connectivity index (χ1) is 11.2. The Balaban J connectivity index is 2.33. The number of benzene rings is 2. The average molecular weight is 338 g/mol. The molecule has 4 nitrogen and oxygen atoms in total. The van der Waals surface area contributed by atoms with Crippen LogP contribution in [0.2, 0.25) is 0 Å². The van der Waals surface area contributed by atoms with Gasteiger partial charge in [0.2, 0.25) is 0 Å². The standard InChI is InChI=1S/C16H10F4N2O2/c17-12-5-4-11(7-13(12)22-15(24)16(18,19)20)14(23)10-3-1-2-9(6-10)8-21/h1-7,14,23H,(H,22,24). The third-order valence-corrected chi connectivity index (χ3v) is 3.14. The Morgan fingerprint density at radius 2 is 1.83 bits per heavy atom. The van der Waals surface area contributed by atoms with E-state index in [4.69, 9.17) is 5.26 Å². The number of aliphatic hydroxyl groups is 1. The van der Waals surface area contributed by atoms with Crippen LogP contribution in [0.1, 0.15) is 22.8 Å². The molecule has 0 heterocycles. The fraction of sp³-hybridized carbons (Fsp3) is 0.125. The molecule has 2 N–H and O–H groups in total. The molecule has 1 atom stereocenters. The minimum atomic E-state index is -5.16. The topological polar surface area (TPSA) is 73.1 Å². The molecule has 0 aromatic heterocycles. The number of hydrogen-bond acceptors (Lipinski definition) is 3. The lowest BCUT2D eigenvalue weighted by molar-refractivity contribution is -0.167. The summed E-state index contributed by atoms with van der Waals surface area (Å²) < 4.78 is 50.4. The maximum Gasteiger partial charge on any atom is 0.471 e. The number of halogens is 4. The number of alkyl halides is 3. The number of rotatable bonds is 3. The van der Waals surface area contributed by atoms with Gasteiger partial charge in [0.15, 0.2) is 0 Å². The van der Waals surface area contributed by atoms with E-state index in [1.165, 1.54) is 35.6 Å². The van der Waals surface area contributed by atoms with Crippen molar-refractivity contribution < 1.29 is 27.5 Å². The SMILES string of the molecule is N#Cc1cccc(C(O)c2ccc(F)c(NC(=O)C(F)(F)F)c2)c1. The lowest BCUT2D eigenvalue weighted by Crippen LogP contribution is -2.30. The second-order valence-corrected chi connectivity index (χ2v) is 4.83. The Hall–Kier alpha value is -2.92. The summed E-state index contributed by atoms with van der Waals surface area (Å²) in [6.45, 7) is 0. The molecule has 24 heavy (non-hydrogen) atoms. The fourth-order valence-corrected chi connectivity index (χ4v) is 1.97. The van der Waals surface area contributed by atoms with Crippen molar-refractivity contribution in [3.63, 3.8) is 0 Å². The zero-order valence-electron chi connectivity index (χ0n) is 11.9. The van der Waals surface area contributed by atoms with Crippen molar-refractivity contribution in [3.8, 4) is 6.07 Å². The molecule has 0 aliphatic heterocycles. The van der Waals surface area contributed by atoms with E-state index in [1.54, 1.807) is 0 Å². The summed E-state index contributed by atoms with van der Waals surface area (Å²) in [5.74, 6) is -3.39. The number of aliphatic hydroxyl groups excluding tert-OH is 1. The molecule has 1 unspecified atom stereocenters. The molecule has 2 aromatic carbocycles. The molecule has 0 spiro atoms. The Bertz CT molecular complexity index is 812. The van der Waals surface area contributed by atoms with Gasteiger partial charge in [-0.3, -0.25) is 4.79 Å². The van der Waals surface area contributed by atoms with Gasteiger partial charge in [-0.25, -0.2) is 4.39 Å². The number of carbonyl (C=O) groups is 1. The molecule has 2 rings (SSSR count). The van der Waals surface area contributed by atoms with E-state index in [-0.39, 0.29) is 11.1 Å². The van der Waals surface area contributed by atoms with E-state index in [2.05, 4.69) is 0 Å². The summed E-state index contributed by atoms with van der Waals surface area (Å²) in [6, 6.07) is 10.7. The van der Waals surface area contributed by atoms with Crippen LogP contribution in [0, 0.1) is 17.1 Å². The first-order valence-electron chi connectivity index (χ1n) is 6.58. The van der Waals surface area contributed by atoms with Crippen molar-refractivity contribution in [1.82, 2.24) is 0 Å². The highest BCUT2D eigenvalue weighted by atomic mass is 19.4. The normalized spacial score (nSPS) is 12.3. The summed E-state index contributed by atoms with van der Waals surface area (Å²) in [7, 11) is 0. The van der Waals surface area contributed by atoms with Crippen molar-refractivity contribution in [3.05, 3.63) is 65.0 Å². The largest absolute Gasteiger partial charge is 0.471 e. The zero-order chi connectivity index (χ0) is 17.9. The minimum absolute atomic E-state index is 0.0592. The van der Waals surface area contributed by atoms with Gasteiger partial charge in [-0.2, -0.15) is 18.4 Å². The van der Waals surface area contributed by atoms with Gasteiger partial charge in [0.25, 0.3) is 0 Å². The van der Waals surface area contributed by atoms with Gasteiger partial charge < -0.3 is 10.4 Å². The van der Waals surface area contributed by atoms with Gasteiger partial charge in [0.1, 0.15) is 11.9 Å². The molecule has 0 bridgehead atoms. The molecule has 0 saturated heterocycles. The summed E-state index contributed by atoms with van der Waals surface area (Å²) >= 11 is 0. The van der Waals surface area contributed by atoms with Crippen LogP contribution >= 0.6 is 0 Å². The molecule has 0 aliphatic rings. The van der Waals surface area contributed by atoms with E-state index < -0.39 is 29.7 Å². The van der Waals surface area contributed by atoms with Crippen LogP contribution in [0.4, 0.5) is 23.2 Å². The predicted octanol–water partition coefficient (Wildman–Crippen LogP) is 3.28. The van der Waals surface area contributed by atoms with E-state index >= 15 is 0 Å². The highest BCUT2D eigenvalue weighted by Gasteiger charge is 2.39. The van der Waals surface area contributed by atoms with Crippen molar-refractivity contribution in [2.24, 2.45) is 0 Å². The minimum Gasteiger partial charge on any atom is -0.384 e. The number of anilines is 1. The van der Waals surface area contributed by atoms with Crippen molar-refractivity contribution in [1.29, 1.82) is 5.26 Å². The lowest BCUT2D eigenvalue weighted by Gasteiger charge is -2.14. The zero-order valence-corrected chi connectivity index (χ0v) is 11.9. The van der Waals surface area contributed by atoms with Crippen molar-refractivity contribution >= 4 is 11.6 Å². The fourth-order valence-electron chi connectivity index (χ4n) is 1.97. The number of nitrogens with zero attached hydrogens (tertiary/aromatic N) is 1. The number of carbonyl (C=O) groups excluding carboxylic acids is 1. The second kappa shape index (κ2) is 6.68. The van der Waals surface area contributed by atoms with Crippen LogP contribution in [0.5, 0.6) is 0 Å². The first-order valence-corrected chi connectivity index (χ1v) is 6.58. The molecule has 2 aromatic rings. The number of amides is 1. The summed E-state index contributed by atoms with van der Waals surface area (Å²) in [4.78, 5) is 10.9. The highest BCUT2D eigenvalue weighted by Crippen LogP contribution is 2.27. The van der Waals surface area contributed by atoms with Gasteiger partial charge in [0, 0.05) is 0 Å². The maximum atomic E-state index is 13.6. The van der Waals surface area contributed by atoms with Crippen LogP contribution in [0.25, 0.3) is 0 Å². The summed E-state index contributed by atoms with van der Waals surface area (Å²) in [5, 5.41) is 20.5. The third-order valence-electron chi connectivity index (χ3n) is 3.14. The first kappa shape index (κ1) is 17.4. The van der Waals surface area contributed by atoms with E-state index in [0.717, 1.165) is 12.1 Å². The maximum absolute atomic E-state index is 13.6. The molecular formula is C16H10F4N2O2. The predicted molar refractivity (Wildman–Crippen MR) is 76.3 cm³/mol. The average Bonchev–Trinajstić information content (AvgIpc) is 2.55. The molecule has 0 fully saturated rings. The smallest absolute Gasteiger partial charge is 0.384 e. The molecule has 1 amide bonds. The molecule has 0 radical (unpaired) electrons. The van der Waals surface area contributed by atoms with Crippen LogP contribution < -0.4 is 5.32 Å². The van der Waals surface area contributed by atoms with Crippen molar-refractivity contribution in [2.75, 3.05) is 5.32 Å². The van der Waals surface area contributed by atoms with E-state index in [1.807, 2.05) is 6.07 Å². The molecule has 0 saturated carbocycles. The van der Waals surface area contributed by atoms with Crippen LogP contribution in [-0.2, 0) is 4.79 Å². The second-order valence-electron chi connectivity index (χ2n) is 4.83. The number of nitriles is 1. The summed E-state index contributed by atoms with van der Waals surface area (Å²) in [6.07, 6.45) is -6.47. The van der Waals surface area contributed by atoms with Gasteiger partial charge in [-0.1, -0.05) is 18.2 Å². The Labute approximate surface area is 134 Å². The Morgan fingerprint density at radius 1 is 1.17 bits per heavy atom. The van der Waals surface area contributed by atoms with E-state index in [0.29, 0.717) is 5.56 Å².